The molecule has 1 fully saturated rings. The minimum absolute atomic E-state index is 0.0328. The van der Waals surface area contributed by atoms with Crippen LogP contribution in [0.25, 0.3) is 0 Å². The van der Waals surface area contributed by atoms with Crippen molar-refractivity contribution in [2.24, 2.45) is 0 Å². The first-order chi connectivity index (χ1) is 13.4. The predicted molar refractivity (Wildman–Crippen MR) is 102 cm³/mol. The maximum atomic E-state index is 12.8. The summed E-state index contributed by atoms with van der Waals surface area (Å²) in [6, 6.07) is 4.22. The van der Waals surface area contributed by atoms with E-state index >= 15 is 0 Å². The first-order valence-electron chi connectivity index (χ1n) is 9.10. The van der Waals surface area contributed by atoms with Gasteiger partial charge in [0.25, 0.3) is 5.91 Å². The number of nitrogens with one attached hydrogen (secondary N) is 1. The van der Waals surface area contributed by atoms with Crippen molar-refractivity contribution in [1.82, 2.24) is 4.31 Å². The number of morpholine rings is 1. The molecule has 10 heteroatoms. The number of unbranched alkanes of at least 4 members (excludes halogenated alkanes) is 1. The van der Waals surface area contributed by atoms with E-state index in [1.165, 1.54) is 29.6 Å². The first kappa shape index (κ1) is 22.1. The highest BCUT2D eigenvalue weighted by atomic mass is 32.2. The maximum absolute atomic E-state index is 12.8. The third kappa shape index (κ3) is 5.91. The quantitative estimate of drug-likeness (QED) is 0.608. The van der Waals surface area contributed by atoms with Gasteiger partial charge in [0.15, 0.2) is 6.61 Å². The van der Waals surface area contributed by atoms with Crippen molar-refractivity contribution in [3.05, 3.63) is 18.2 Å². The van der Waals surface area contributed by atoms with Gasteiger partial charge in [-0.15, -0.1) is 0 Å². The Morgan fingerprint density at radius 3 is 2.61 bits per heavy atom. The van der Waals surface area contributed by atoms with E-state index in [1.807, 2.05) is 6.92 Å². The van der Waals surface area contributed by atoms with Crippen molar-refractivity contribution in [2.45, 2.75) is 31.1 Å². The van der Waals surface area contributed by atoms with Gasteiger partial charge in [0, 0.05) is 19.5 Å². The number of esters is 1. The van der Waals surface area contributed by atoms with Crippen molar-refractivity contribution < 1.29 is 32.2 Å². The van der Waals surface area contributed by atoms with Crippen molar-refractivity contribution >= 4 is 27.6 Å². The monoisotopic (exact) mass is 414 g/mol. The molecule has 28 heavy (non-hydrogen) atoms. The van der Waals surface area contributed by atoms with Gasteiger partial charge in [-0.05, 0) is 24.6 Å². The summed E-state index contributed by atoms with van der Waals surface area (Å²) < 4.78 is 42.2. The number of hydrogen-bond donors (Lipinski definition) is 1. The second-order valence-corrected chi connectivity index (χ2v) is 8.13. The number of anilines is 1. The number of amides is 1. The number of benzene rings is 1. The fraction of sp³-hybridized carbons (Fsp3) is 0.556. The molecule has 0 unspecified atom stereocenters. The standard InChI is InChI=1S/C18H26N2O7S/c1-3-4-5-18(22)27-13-17(21)19-15-12-14(6-7-16(15)25-2)28(23,24)20-8-10-26-11-9-20/h6-7,12H,3-5,8-11,13H2,1-2H3,(H,19,21). The van der Waals surface area contributed by atoms with Gasteiger partial charge >= 0.3 is 5.97 Å². The zero-order chi connectivity index (χ0) is 20.6. The molecule has 1 aliphatic rings. The summed E-state index contributed by atoms with van der Waals surface area (Å²) >= 11 is 0. The van der Waals surface area contributed by atoms with Gasteiger partial charge in [-0.1, -0.05) is 13.3 Å². The van der Waals surface area contributed by atoms with Crippen molar-refractivity contribution in [2.75, 3.05) is 45.3 Å². The van der Waals surface area contributed by atoms with Gasteiger partial charge < -0.3 is 19.5 Å². The molecule has 0 spiro atoms. The lowest BCUT2D eigenvalue weighted by Gasteiger charge is -2.26. The maximum Gasteiger partial charge on any atom is 0.306 e. The Kier molecular flexibility index (Phi) is 8.21. The zero-order valence-electron chi connectivity index (χ0n) is 16.1. The van der Waals surface area contributed by atoms with E-state index in [0.29, 0.717) is 25.4 Å². The third-order valence-electron chi connectivity index (χ3n) is 4.15. The molecule has 1 amide bonds. The molecule has 2 rings (SSSR count). The highest BCUT2D eigenvalue weighted by molar-refractivity contribution is 7.89. The SMILES string of the molecule is CCCCC(=O)OCC(=O)Nc1cc(S(=O)(=O)N2CCOCC2)ccc1OC. The lowest BCUT2D eigenvalue weighted by molar-refractivity contribution is -0.147. The smallest absolute Gasteiger partial charge is 0.306 e. The van der Waals surface area contributed by atoms with Gasteiger partial charge in [-0.3, -0.25) is 9.59 Å². The van der Waals surface area contributed by atoms with Gasteiger partial charge in [0.05, 0.1) is 30.9 Å². The fourth-order valence-corrected chi connectivity index (χ4v) is 4.04. The van der Waals surface area contributed by atoms with Gasteiger partial charge in [-0.2, -0.15) is 4.31 Å². The van der Waals surface area contributed by atoms with Crippen LogP contribution >= 0.6 is 0 Å². The number of carbonyl (C=O) groups is 2. The van der Waals surface area contributed by atoms with E-state index in [2.05, 4.69) is 5.32 Å². The molecule has 0 radical (unpaired) electrons. The van der Waals surface area contributed by atoms with E-state index in [0.717, 1.165) is 6.42 Å². The van der Waals surface area contributed by atoms with Crippen LogP contribution in [0.5, 0.6) is 5.75 Å². The fourth-order valence-electron chi connectivity index (χ4n) is 2.61. The Hall–Kier alpha value is -2.17. The molecule has 1 saturated heterocycles. The van der Waals surface area contributed by atoms with E-state index < -0.39 is 28.5 Å². The number of carbonyl (C=O) groups excluding carboxylic acids is 2. The van der Waals surface area contributed by atoms with Crippen molar-refractivity contribution in [3.63, 3.8) is 0 Å². The molecule has 1 aromatic rings. The van der Waals surface area contributed by atoms with Crippen LogP contribution in [0.1, 0.15) is 26.2 Å². The van der Waals surface area contributed by atoms with Crippen LogP contribution < -0.4 is 10.1 Å². The van der Waals surface area contributed by atoms with E-state index in [9.17, 15) is 18.0 Å². The molecular weight excluding hydrogens is 388 g/mol. The molecule has 0 saturated carbocycles. The summed E-state index contributed by atoms with van der Waals surface area (Å²) in [5, 5.41) is 2.54. The minimum atomic E-state index is -3.72. The summed E-state index contributed by atoms with van der Waals surface area (Å²) in [5.74, 6) is -0.733. The number of hydrogen-bond acceptors (Lipinski definition) is 7. The van der Waals surface area contributed by atoms with Gasteiger partial charge in [0.1, 0.15) is 5.75 Å². The number of ether oxygens (including phenoxy) is 3. The average molecular weight is 414 g/mol. The van der Waals surface area contributed by atoms with Crippen LogP contribution in [0.15, 0.2) is 23.1 Å². The van der Waals surface area contributed by atoms with Crippen LogP contribution in [0.4, 0.5) is 5.69 Å². The van der Waals surface area contributed by atoms with Gasteiger partial charge in [-0.25, -0.2) is 8.42 Å². The molecule has 0 aliphatic carbocycles. The number of nitrogens with zero attached hydrogens (tertiary/aromatic N) is 1. The van der Waals surface area contributed by atoms with Crippen LogP contribution in [-0.2, 0) is 29.1 Å². The molecule has 0 atom stereocenters. The Bertz CT molecular complexity index is 789. The summed E-state index contributed by atoms with van der Waals surface area (Å²) in [7, 11) is -2.31. The molecule has 1 N–H and O–H groups in total. The number of sulfonamides is 1. The third-order valence-corrected chi connectivity index (χ3v) is 6.05. The lowest BCUT2D eigenvalue weighted by Crippen LogP contribution is -2.40. The van der Waals surface area contributed by atoms with Crippen LogP contribution in [0, 0.1) is 0 Å². The highest BCUT2D eigenvalue weighted by Gasteiger charge is 2.27. The molecule has 9 nitrogen and oxygen atoms in total. The Balaban J connectivity index is 2.09. The average Bonchev–Trinajstić information content (AvgIpc) is 2.71. The molecule has 0 aromatic heterocycles. The molecule has 156 valence electrons. The summed E-state index contributed by atoms with van der Waals surface area (Å²) in [6.45, 7) is 2.70. The van der Waals surface area contributed by atoms with Crippen molar-refractivity contribution in [1.29, 1.82) is 0 Å². The van der Waals surface area contributed by atoms with Crippen LogP contribution in [0.3, 0.4) is 0 Å². The van der Waals surface area contributed by atoms with Crippen LogP contribution in [0.2, 0.25) is 0 Å². The lowest BCUT2D eigenvalue weighted by atomic mass is 10.2. The normalized spacial score (nSPS) is 15.1. The van der Waals surface area contributed by atoms with E-state index in [-0.39, 0.29) is 30.1 Å². The Labute approximate surface area is 165 Å². The molecule has 1 heterocycles. The number of rotatable bonds is 9. The van der Waals surface area contributed by atoms with Crippen LogP contribution in [-0.4, -0.2) is 64.6 Å². The molecule has 1 aromatic carbocycles. The molecular formula is C18H26N2O7S. The topological polar surface area (TPSA) is 111 Å². The Morgan fingerprint density at radius 2 is 1.96 bits per heavy atom. The largest absolute Gasteiger partial charge is 0.495 e. The van der Waals surface area contributed by atoms with E-state index in [4.69, 9.17) is 14.2 Å². The second kappa shape index (κ2) is 10.4. The summed E-state index contributed by atoms with van der Waals surface area (Å²) in [6.07, 6.45) is 1.79. The predicted octanol–water partition coefficient (Wildman–Crippen LogP) is 1.39. The summed E-state index contributed by atoms with van der Waals surface area (Å²) in [4.78, 5) is 23.7. The second-order valence-electron chi connectivity index (χ2n) is 6.19. The van der Waals surface area contributed by atoms with Crippen molar-refractivity contribution in [3.8, 4) is 5.75 Å². The first-order valence-corrected chi connectivity index (χ1v) is 10.5. The summed E-state index contributed by atoms with van der Waals surface area (Å²) in [5.41, 5.74) is 0.187. The number of methoxy groups -OCH3 is 1. The Morgan fingerprint density at radius 1 is 1.25 bits per heavy atom. The molecule has 1 aliphatic heterocycles. The highest BCUT2D eigenvalue weighted by Crippen LogP contribution is 2.29. The minimum Gasteiger partial charge on any atom is -0.495 e. The zero-order valence-corrected chi connectivity index (χ0v) is 16.9. The molecule has 0 bridgehead atoms. The van der Waals surface area contributed by atoms with Gasteiger partial charge in [0.2, 0.25) is 10.0 Å². The van der Waals surface area contributed by atoms with E-state index in [1.54, 1.807) is 0 Å².